The van der Waals surface area contributed by atoms with Crippen LogP contribution >= 0.6 is 0 Å². The zero-order valence-corrected chi connectivity index (χ0v) is 10.7. The van der Waals surface area contributed by atoms with Gasteiger partial charge in [0, 0.05) is 24.3 Å². The number of anilines is 1. The normalized spacial score (nSPS) is 20.9. The van der Waals surface area contributed by atoms with E-state index in [0.717, 1.165) is 31.1 Å². The second-order valence-corrected chi connectivity index (χ2v) is 5.25. The van der Waals surface area contributed by atoms with Crippen molar-refractivity contribution in [2.75, 3.05) is 12.3 Å². The average molecular weight is 252 g/mol. The van der Waals surface area contributed by atoms with Crippen LogP contribution in [-0.2, 0) is 13.1 Å². The lowest BCUT2D eigenvalue weighted by atomic mass is 10.1. The molecule has 0 saturated carbocycles. The molecule has 2 aromatic rings. The Kier molecular flexibility index (Phi) is 2.29. The van der Waals surface area contributed by atoms with Crippen molar-refractivity contribution in [3.8, 4) is 5.75 Å². The number of hydrogen-bond acceptors (Lipinski definition) is 3. The zero-order valence-electron chi connectivity index (χ0n) is 10.7. The van der Waals surface area contributed by atoms with E-state index in [1.54, 1.807) is 0 Å². The third-order valence-corrected chi connectivity index (χ3v) is 4.16. The lowest BCUT2D eigenvalue weighted by molar-refractivity contribution is 0.164. The number of ether oxygens (including phenoxy) is 1. The lowest BCUT2D eigenvalue weighted by Gasteiger charge is -2.22. The van der Waals surface area contributed by atoms with Gasteiger partial charge in [0.25, 0.3) is 0 Å². The Balaban J connectivity index is 1.66. The van der Waals surface area contributed by atoms with Crippen molar-refractivity contribution in [1.29, 1.82) is 0 Å². The van der Waals surface area contributed by atoms with Crippen molar-refractivity contribution in [3.63, 3.8) is 0 Å². The van der Waals surface area contributed by atoms with Gasteiger partial charge in [-0.05, 0) is 23.3 Å². The number of rotatable bonds is 1. The average Bonchev–Trinajstić information content (AvgIpc) is 3.02. The summed E-state index contributed by atoms with van der Waals surface area (Å²) in [7, 11) is 0. The number of hydrogen-bond donors (Lipinski definition) is 1. The van der Waals surface area contributed by atoms with Crippen LogP contribution in [0.4, 0.5) is 5.69 Å². The largest absolute Gasteiger partial charge is 0.491 e. The first-order valence-corrected chi connectivity index (χ1v) is 6.65. The lowest BCUT2D eigenvalue weighted by Crippen LogP contribution is -2.24. The number of nitrogen functional groups attached to an aromatic ring is 1. The van der Waals surface area contributed by atoms with Crippen molar-refractivity contribution >= 4 is 5.69 Å². The van der Waals surface area contributed by atoms with Gasteiger partial charge < -0.3 is 10.5 Å². The summed E-state index contributed by atoms with van der Waals surface area (Å²) < 4.78 is 5.78. The third kappa shape index (κ3) is 1.62. The molecule has 0 amide bonds. The van der Waals surface area contributed by atoms with Gasteiger partial charge in [0.2, 0.25) is 0 Å². The van der Waals surface area contributed by atoms with Crippen molar-refractivity contribution in [2.45, 2.75) is 19.1 Å². The van der Waals surface area contributed by atoms with Crippen molar-refractivity contribution in [3.05, 3.63) is 59.2 Å². The van der Waals surface area contributed by atoms with Crippen LogP contribution in [0, 0.1) is 0 Å². The van der Waals surface area contributed by atoms with Crippen LogP contribution in [0.2, 0.25) is 0 Å². The minimum atomic E-state index is 0.350. The maximum Gasteiger partial charge on any atom is 0.124 e. The van der Waals surface area contributed by atoms with Crippen LogP contribution < -0.4 is 10.5 Å². The smallest absolute Gasteiger partial charge is 0.124 e. The third-order valence-electron chi connectivity index (χ3n) is 4.16. The van der Waals surface area contributed by atoms with Crippen molar-refractivity contribution < 1.29 is 4.74 Å². The van der Waals surface area contributed by atoms with E-state index in [1.807, 2.05) is 24.3 Å². The van der Waals surface area contributed by atoms with E-state index in [1.165, 1.54) is 16.7 Å². The second-order valence-electron chi connectivity index (χ2n) is 5.25. The summed E-state index contributed by atoms with van der Waals surface area (Å²) in [4.78, 5) is 2.45. The number of nitrogens with zero attached hydrogens (tertiary/aromatic N) is 1. The molecule has 0 saturated heterocycles. The molecule has 0 bridgehead atoms. The van der Waals surface area contributed by atoms with Crippen LogP contribution in [0.5, 0.6) is 5.75 Å². The highest BCUT2D eigenvalue weighted by Gasteiger charge is 2.33. The molecule has 0 fully saturated rings. The van der Waals surface area contributed by atoms with Gasteiger partial charge >= 0.3 is 0 Å². The van der Waals surface area contributed by atoms with Gasteiger partial charge in [0.1, 0.15) is 12.4 Å². The summed E-state index contributed by atoms with van der Waals surface area (Å²) in [5, 5.41) is 0. The molecule has 2 N–H and O–H groups in total. The molecule has 1 atom stereocenters. The summed E-state index contributed by atoms with van der Waals surface area (Å²) in [5.41, 5.74) is 10.9. The summed E-state index contributed by atoms with van der Waals surface area (Å²) in [6.45, 7) is 2.63. The van der Waals surface area contributed by atoms with Gasteiger partial charge in [0.15, 0.2) is 0 Å². The van der Waals surface area contributed by atoms with Gasteiger partial charge in [-0.3, -0.25) is 4.90 Å². The topological polar surface area (TPSA) is 38.5 Å². The molecule has 0 radical (unpaired) electrons. The fourth-order valence-electron chi connectivity index (χ4n) is 3.14. The van der Waals surface area contributed by atoms with E-state index < -0.39 is 0 Å². The van der Waals surface area contributed by atoms with Gasteiger partial charge in [-0.1, -0.05) is 30.3 Å². The second kappa shape index (κ2) is 4.00. The standard InChI is InChI=1S/C16H16N2O/c17-14-6-3-4-11-8-18(9-13(11)14)15-10-19-16-7-2-1-5-12(15)16/h1-7,15H,8-10,17H2. The Labute approximate surface area is 112 Å². The highest BCUT2D eigenvalue weighted by Crippen LogP contribution is 2.40. The molecule has 2 aliphatic heterocycles. The Morgan fingerprint density at radius 2 is 1.95 bits per heavy atom. The van der Waals surface area contributed by atoms with Crippen LogP contribution in [0.3, 0.4) is 0 Å². The summed E-state index contributed by atoms with van der Waals surface area (Å²) in [5.74, 6) is 1.02. The fraction of sp³-hybridized carbons (Fsp3) is 0.250. The number of benzene rings is 2. The summed E-state index contributed by atoms with van der Waals surface area (Å²) in [6.07, 6.45) is 0. The Morgan fingerprint density at radius 3 is 2.84 bits per heavy atom. The molecule has 3 heteroatoms. The van der Waals surface area contributed by atoms with Gasteiger partial charge in [-0.25, -0.2) is 0 Å². The van der Waals surface area contributed by atoms with Gasteiger partial charge in [-0.2, -0.15) is 0 Å². The summed E-state index contributed by atoms with van der Waals surface area (Å²) in [6, 6.07) is 14.9. The first-order chi connectivity index (χ1) is 9.33. The molecule has 2 aliphatic rings. The van der Waals surface area contributed by atoms with Crippen molar-refractivity contribution in [2.24, 2.45) is 0 Å². The molecular formula is C16H16N2O. The van der Waals surface area contributed by atoms with Crippen LogP contribution in [0.15, 0.2) is 42.5 Å². The molecule has 3 nitrogen and oxygen atoms in total. The quantitative estimate of drug-likeness (QED) is 0.793. The predicted octanol–water partition coefficient (Wildman–Crippen LogP) is 2.72. The molecule has 19 heavy (non-hydrogen) atoms. The molecule has 0 aliphatic carbocycles. The molecule has 1 unspecified atom stereocenters. The molecule has 2 heterocycles. The van der Waals surface area contributed by atoms with Crippen LogP contribution in [0.25, 0.3) is 0 Å². The first kappa shape index (κ1) is 10.9. The number of nitrogens with two attached hydrogens (primary N) is 1. The van der Waals surface area contributed by atoms with Crippen LogP contribution in [-0.4, -0.2) is 11.5 Å². The monoisotopic (exact) mass is 252 g/mol. The predicted molar refractivity (Wildman–Crippen MR) is 74.8 cm³/mol. The summed E-state index contributed by atoms with van der Waals surface area (Å²) >= 11 is 0. The fourth-order valence-corrected chi connectivity index (χ4v) is 3.14. The first-order valence-electron chi connectivity index (χ1n) is 6.65. The zero-order chi connectivity index (χ0) is 12.8. The van der Waals surface area contributed by atoms with E-state index in [2.05, 4.69) is 23.1 Å². The Hall–Kier alpha value is -2.00. The Bertz CT molecular complexity index is 638. The van der Waals surface area contributed by atoms with Crippen molar-refractivity contribution in [1.82, 2.24) is 4.90 Å². The van der Waals surface area contributed by atoms with Crippen LogP contribution in [0.1, 0.15) is 22.7 Å². The maximum absolute atomic E-state index is 6.07. The SMILES string of the molecule is Nc1cccc2c1CN(C1COc3ccccc31)C2. The van der Waals surface area contributed by atoms with E-state index in [9.17, 15) is 0 Å². The maximum atomic E-state index is 6.07. The molecule has 2 aromatic carbocycles. The highest BCUT2D eigenvalue weighted by atomic mass is 16.5. The van der Waals surface area contributed by atoms with Gasteiger partial charge in [0.05, 0.1) is 6.04 Å². The van der Waals surface area contributed by atoms with E-state index in [0.29, 0.717) is 6.04 Å². The van der Waals surface area contributed by atoms with E-state index >= 15 is 0 Å². The number of fused-ring (bicyclic) bond motifs is 2. The molecule has 0 spiro atoms. The highest BCUT2D eigenvalue weighted by molar-refractivity contribution is 5.53. The molecule has 0 aromatic heterocycles. The molecule has 4 rings (SSSR count). The minimum absolute atomic E-state index is 0.350. The van der Waals surface area contributed by atoms with E-state index in [-0.39, 0.29) is 0 Å². The number of para-hydroxylation sites is 1. The molecular weight excluding hydrogens is 236 g/mol. The van der Waals surface area contributed by atoms with Gasteiger partial charge in [-0.15, -0.1) is 0 Å². The van der Waals surface area contributed by atoms with E-state index in [4.69, 9.17) is 10.5 Å². The molecule has 96 valence electrons. The Morgan fingerprint density at radius 1 is 1.05 bits per heavy atom. The minimum Gasteiger partial charge on any atom is -0.491 e.